The van der Waals surface area contributed by atoms with Gasteiger partial charge in [-0.15, -0.1) is 0 Å². The Labute approximate surface area is 87.6 Å². The number of carbonyl (C=O) groups is 1. The molecule has 0 heterocycles. The first-order valence-corrected chi connectivity index (χ1v) is 2.51. The van der Waals surface area contributed by atoms with Crippen molar-refractivity contribution in [2.24, 2.45) is 5.73 Å². The van der Waals surface area contributed by atoms with E-state index in [1.807, 2.05) is 14.1 Å². The minimum absolute atomic E-state index is 0. The number of rotatable bonds is 0. The van der Waals surface area contributed by atoms with Gasteiger partial charge in [0.15, 0.2) is 0 Å². The molecule has 0 atom stereocenters. The van der Waals surface area contributed by atoms with Gasteiger partial charge in [0, 0.05) is 25.5 Å². The summed E-state index contributed by atoms with van der Waals surface area (Å²) in [5, 5.41) is 10.2. The summed E-state index contributed by atoms with van der Waals surface area (Å²) in [5.41, 5.74) is 4.50. The molecule has 0 aliphatic heterocycles. The summed E-state index contributed by atoms with van der Waals surface area (Å²) in [6, 6.07) is 0. The number of carboxylic acid groups (broad SMARTS) is 1. The zero-order chi connectivity index (χ0) is 8.28. The Morgan fingerprint density at radius 2 is 1.33 bits per heavy atom. The van der Waals surface area contributed by atoms with E-state index in [1.54, 1.807) is 0 Å². The smallest absolute Gasteiger partial charge is 0.300 e. The molecule has 6 heteroatoms. The van der Waals surface area contributed by atoms with Gasteiger partial charge in [-0.2, -0.15) is 0 Å². The predicted molar refractivity (Wildman–Crippen MR) is 50.2 cm³/mol. The van der Waals surface area contributed by atoms with E-state index in [4.69, 9.17) is 9.90 Å². The van der Waals surface area contributed by atoms with E-state index < -0.39 is 5.97 Å². The number of aliphatic carboxylic acids is 1. The molecule has 0 aromatic carbocycles. The van der Waals surface area contributed by atoms with Gasteiger partial charge in [-0.1, -0.05) is 7.43 Å². The van der Waals surface area contributed by atoms with Crippen molar-refractivity contribution in [3.8, 4) is 0 Å². The van der Waals surface area contributed by atoms with E-state index in [-0.39, 0.29) is 32.1 Å². The minimum atomic E-state index is -0.833. The van der Waals surface area contributed by atoms with Gasteiger partial charge < -0.3 is 22.3 Å². The second kappa shape index (κ2) is 69.7. The van der Waals surface area contributed by atoms with Gasteiger partial charge in [-0.25, -0.2) is 0 Å². The molecule has 0 saturated carbocycles. The minimum Gasteiger partial charge on any atom is -0.481 e. The predicted octanol–water partition coefficient (Wildman–Crippen LogP) is 0.297. The van der Waals surface area contributed by atoms with Crippen LogP contribution in [0.4, 0.5) is 0 Å². The Morgan fingerprint density at radius 1 is 1.33 bits per heavy atom. The fourth-order valence-corrected chi connectivity index (χ4v) is 0. The van der Waals surface area contributed by atoms with Gasteiger partial charge in [-0.3, -0.25) is 4.79 Å². The Kier molecular flexibility index (Phi) is 235. The molecule has 1 radical (unpaired) electrons. The van der Waals surface area contributed by atoms with Crippen molar-refractivity contribution in [3.05, 3.63) is 0 Å². The molecule has 0 aromatic rings. The van der Waals surface area contributed by atoms with E-state index >= 15 is 0 Å². The molecule has 0 bridgehead atoms. The van der Waals surface area contributed by atoms with Gasteiger partial charge in [0.05, 0.1) is 0 Å². The molecule has 0 aliphatic carbocycles. The average molecular weight is 220 g/mol. The van der Waals surface area contributed by atoms with Gasteiger partial charge in [0.1, 0.15) is 0 Å². The topological polar surface area (TPSA) is 110 Å². The van der Waals surface area contributed by atoms with Crippen molar-refractivity contribution in [1.29, 1.82) is 0 Å². The van der Waals surface area contributed by atoms with E-state index in [9.17, 15) is 0 Å². The molecule has 0 fully saturated rings. The molecule has 0 aliphatic rings. The largest absolute Gasteiger partial charge is 0.481 e. The number of nitrogens with two attached hydrogens (primary N) is 1. The van der Waals surface area contributed by atoms with Crippen LogP contribution in [0.25, 0.3) is 0 Å². The maximum Gasteiger partial charge on any atom is 0.300 e. The molecule has 0 aromatic heterocycles. The van der Waals surface area contributed by atoms with Crippen LogP contribution in [0.15, 0.2) is 0 Å². The second-order valence-electron chi connectivity index (χ2n) is 1.02. The molecule has 0 unspecified atom stereocenters. The Balaban J connectivity index is -0.0000000105. The van der Waals surface area contributed by atoms with Gasteiger partial charge in [-0.05, 0) is 21.1 Å². The first-order valence-electron chi connectivity index (χ1n) is 2.51. The summed E-state index contributed by atoms with van der Waals surface area (Å²) in [6.45, 7) is 1.08. The molecule has 0 amide bonds. The van der Waals surface area contributed by atoms with Crippen molar-refractivity contribution >= 4 is 5.97 Å². The maximum atomic E-state index is 9.00. The summed E-state index contributed by atoms with van der Waals surface area (Å²) in [5.74, 6) is -0.833. The number of nitrogens with one attached hydrogen (secondary N) is 1. The van der Waals surface area contributed by atoms with Gasteiger partial charge in [0.2, 0.25) is 0 Å². The molecule has 79 valence electrons. The van der Waals surface area contributed by atoms with E-state index in [2.05, 4.69) is 11.1 Å². The summed E-state index contributed by atoms with van der Waals surface area (Å²) >= 11 is 0. The zero-order valence-corrected chi connectivity index (χ0v) is 8.98. The quantitative estimate of drug-likeness (QED) is 0.469. The van der Waals surface area contributed by atoms with Crippen LogP contribution in [0.1, 0.15) is 14.4 Å². The van der Waals surface area contributed by atoms with Crippen LogP contribution < -0.4 is 17.2 Å². The SMILES string of the molecule is C.CC(=O)O.CN.CNC.N.[V]. The summed E-state index contributed by atoms with van der Waals surface area (Å²) in [6.07, 6.45) is 0. The van der Waals surface area contributed by atoms with Crippen LogP contribution in [0.2, 0.25) is 0 Å². The maximum absolute atomic E-state index is 9.00. The molecular weight excluding hydrogens is 197 g/mol. The van der Waals surface area contributed by atoms with E-state index in [0.717, 1.165) is 6.92 Å². The van der Waals surface area contributed by atoms with Crippen LogP contribution in [-0.4, -0.2) is 32.2 Å². The van der Waals surface area contributed by atoms with Crippen molar-refractivity contribution < 1.29 is 28.5 Å². The van der Waals surface area contributed by atoms with Gasteiger partial charge >= 0.3 is 0 Å². The van der Waals surface area contributed by atoms with Crippen molar-refractivity contribution in [2.75, 3.05) is 21.1 Å². The Hall–Kier alpha value is -0.0656. The fraction of sp³-hybridized carbons (Fsp3) is 0.833. The third-order valence-corrected chi connectivity index (χ3v) is 0. The number of hydrogen-bond acceptors (Lipinski definition) is 4. The number of carboxylic acids is 1. The zero-order valence-electron chi connectivity index (χ0n) is 7.59. The summed E-state index contributed by atoms with van der Waals surface area (Å²) in [7, 11) is 5.25. The number of hydrogen-bond donors (Lipinski definition) is 4. The van der Waals surface area contributed by atoms with Crippen LogP contribution in [0, 0.1) is 0 Å². The Morgan fingerprint density at radius 3 is 1.33 bits per heavy atom. The van der Waals surface area contributed by atoms with Crippen molar-refractivity contribution in [1.82, 2.24) is 11.5 Å². The van der Waals surface area contributed by atoms with E-state index in [1.165, 1.54) is 7.05 Å². The molecule has 0 saturated heterocycles. The molecule has 5 nitrogen and oxygen atoms in total. The second-order valence-corrected chi connectivity index (χ2v) is 1.02. The van der Waals surface area contributed by atoms with Crippen molar-refractivity contribution in [2.45, 2.75) is 14.4 Å². The van der Waals surface area contributed by atoms with Crippen molar-refractivity contribution in [3.63, 3.8) is 0 Å². The fourth-order valence-electron chi connectivity index (χ4n) is 0. The first-order chi connectivity index (χ1) is 4.15. The van der Waals surface area contributed by atoms with E-state index in [0.29, 0.717) is 0 Å². The standard InChI is InChI=1S/C2H7N.C2H4O2.CH5N.CH4.H3N.V/c1-3-2;1-2(3)4;1-2;;;/h3H,1-2H3;1H3,(H,3,4);2H2,1H3;1H4;1H3;. The van der Waals surface area contributed by atoms with Gasteiger partial charge in [0.25, 0.3) is 5.97 Å². The molecule has 0 spiro atoms. The first kappa shape index (κ1) is 40.5. The third-order valence-electron chi connectivity index (χ3n) is 0. The molecule has 12 heavy (non-hydrogen) atoms. The van der Waals surface area contributed by atoms with Crippen LogP contribution in [-0.2, 0) is 23.4 Å². The monoisotopic (exact) mass is 220 g/mol. The van der Waals surface area contributed by atoms with Crippen LogP contribution in [0.5, 0.6) is 0 Å². The molecular formula is C6H23N3O2V. The normalized spacial score (nSPS) is 4.08. The molecule has 7 N–H and O–H groups in total. The third kappa shape index (κ3) is 184000. The van der Waals surface area contributed by atoms with Crippen LogP contribution >= 0.6 is 0 Å². The van der Waals surface area contributed by atoms with Crippen LogP contribution in [0.3, 0.4) is 0 Å². The average Bonchev–Trinajstić information content (AvgIpc) is 1.71. The summed E-state index contributed by atoms with van der Waals surface area (Å²) < 4.78 is 0. The Bertz CT molecular complexity index is 52.1. The summed E-state index contributed by atoms with van der Waals surface area (Å²) in [4.78, 5) is 9.00. The molecule has 0 rings (SSSR count).